The van der Waals surface area contributed by atoms with Crippen LogP contribution in [-0.2, 0) is 17.3 Å². The Morgan fingerprint density at radius 1 is 1.09 bits per heavy atom. The fourth-order valence-electron chi connectivity index (χ4n) is 4.24. The van der Waals surface area contributed by atoms with Gasteiger partial charge in [0.2, 0.25) is 5.91 Å². The molecule has 1 aliphatic carbocycles. The van der Waals surface area contributed by atoms with Crippen LogP contribution in [0, 0.1) is 0 Å². The van der Waals surface area contributed by atoms with E-state index in [9.17, 15) is 9.59 Å². The number of aryl methyl sites for hydroxylation is 1. The number of rotatable bonds is 6. The van der Waals surface area contributed by atoms with E-state index in [1.807, 2.05) is 0 Å². The van der Waals surface area contributed by atoms with Crippen molar-refractivity contribution >= 4 is 23.6 Å². The van der Waals surface area contributed by atoms with Gasteiger partial charge in [-0.1, -0.05) is 69.6 Å². The molecule has 2 heterocycles. The summed E-state index contributed by atoms with van der Waals surface area (Å²) in [4.78, 5) is 24.8. The lowest BCUT2D eigenvalue weighted by molar-refractivity contribution is -0.117. The Hall–Kier alpha value is -2.87. The van der Waals surface area contributed by atoms with Crippen LogP contribution in [-0.4, -0.2) is 36.9 Å². The van der Waals surface area contributed by atoms with Crippen LogP contribution in [0.4, 0.5) is 0 Å². The Morgan fingerprint density at radius 3 is 2.39 bits per heavy atom. The fraction of sp³-hybridized carbons (Fsp3) is 0.440. The van der Waals surface area contributed by atoms with E-state index in [-0.39, 0.29) is 17.1 Å². The standard InChI is InChI=1S/C25H31N5O2S/c1-25(2,3)18-13-11-17(12-14-18)22-27-28-24(30(22)19-8-5-6-9-19)33-16-21(31)26-23(32)20-10-7-15-29(20)4/h7,10-15,19H,5-6,8-9,16H2,1-4H3,(H,26,31,32). The number of nitrogens with zero attached hydrogens (tertiary/aromatic N) is 4. The maximum Gasteiger partial charge on any atom is 0.274 e. The monoisotopic (exact) mass is 465 g/mol. The molecule has 0 radical (unpaired) electrons. The second-order valence-electron chi connectivity index (χ2n) is 9.61. The Balaban J connectivity index is 1.51. The SMILES string of the molecule is Cn1cccc1C(=O)NC(=O)CSc1nnc(-c2ccc(C(C)(C)C)cc2)n1C1CCCC1. The normalized spacial score (nSPS) is 14.5. The van der Waals surface area contributed by atoms with E-state index in [0.29, 0.717) is 11.7 Å². The smallest absolute Gasteiger partial charge is 0.274 e. The molecule has 0 saturated heterocycles. The quantitative estimate of drug-likeness (QED) is 0.532. The van der Waals surface area contributed by atoms with Gasteiger partial charge in [-0.2, -0.15) is 0 Å². The van der Waals surface area contributed by atoms with Crippen molar-refractivity contribution < 1.29 is 9.59 Å². The van der Waals surface area contributed by atoms with E-state index in [0.717, 1.165) is 29.4 Å². The summed E-state index contributed by atoms with van der Waals surface area (Å²) in [6, 6.07) is 12.3. The number of carbonyl (C=O) groups excluding carboxylic acids is 2. The molecule has 2 aromatic heterocycles. The lowest BCUT2D eigenvalue weighted by Crippen LogP contribution is -2.33. The first-order valence-electron chi connectivity index (χ1n) is 11.4. The summed E-state index contributed by atoms with van der Waals surface area (Å²) < 4.78 is 3.87. The van der Waals surface area contributed by atoms with Crippen molar-refractivity contribution in [2.45, 2.75) is 63.1 Å². The minimum absolute atomic E-state index is 0.0862. The Bertz CT molecular complexity index is 1130. The number of aromatic nitrogens is 4. The number of thioether (sulfide) groups is 1. The molecule has 8 heteroatoms. The van der Waals surface area contributed by atoms with Crippen LogP contribution in [0.5, 0.6) is 0 Å². The van der Waals surface area contributed by atoms with Crippen LogP contribution >= 0.6 is 11.8 Å². The minimum Gasteiger partial charge on any atom is -0.347 e. The average molecular weight is 466 g/mol. The lowest BCUT2D eigenvalue weighted by atomic mass is 9.86. The van der Waals surface area contributed by atoms with Crippen molar-refractivity contribution in [1.29, 1.82) is 0 Å². The Morgan fingerprint density at radius 2 is 1.79 bits per heavy atom. The summed E-state index contributed by atoms with van der Waals surface area (Å²) in [5, 5.41) is 12.1. The molecule has 0 bridgehead atoms. The summed E-state index contributed by atoms with van der Waals surface area (Å²) in [6.45, 7) is 6.60. The number of carbonyl (C=O) groups is 2. The maximum atomic E-state index is 12.5. The molecular formula is C25H31N5O2S. The highest BCUT2D eigenvalue weighted by Crippen LogP contribution is 2.37. The predicted octanol–water partition coefficient (Wildman–Crippen LogP) is 4.74. The van der Waals surface area contributed by atoms with Crippen molar-refractivity contribution in [2.75, 3.05) is 5.75 Å². The number of imide groups is 1. The van der Waals surface area contributed by atoms with Crippen LogP contribution in [0.2, 0.25) is 0 Å². The highest BCUT2D eigenvalue weighted by atomic mass is 32.2. The summed E-state index contributed by atoms with van der Waals surface area (Å²) in [5.41, 5.74) is 2.83. The molecule has 1 saturated carbocycles. The molecule has 33 heavy (non-hydrogen) atoms. The molecule has 1 aromatic carbocycles. The van der Waals surface area contributed by atoms with Gasteiger partial charge in [-0.3, -0.25) is 19.5 Å². The molecule has 0 unspecified atom stereocenters. The summed E-state index contributed by atoms with van der Waals surface area (Å²) in [6.07, 6.45) is 6.30. The van der Waals surface area contributed by atoms with Gasteiger partial charge in [-0.05, 0) is 36.0 Å². The Kier molecular flexibility index (Phi) is 6.74. The molecular weight excluding hydrogens is 434 g/mol. The third-order valence-corrected chi connectivity index (χ3v) is 7.07. The van der Waals surface area contributed by atoms with Crippen LogP contribution in [0.3, 0.4) is 0 Å². The molecule has 4 rings (SSSR count). The molecule has 7 nitrogen and oxygen atoms in total. The van der Waals surface area contributed by atoms with Crippen molar-refractivity contribution in [3.8, 4) is 11.4 Å². The van der Waals surface area contributed by atoms with E-state index in [4.69, 9.17) is 0 Å². The molecule has 2 amide bonds. The third-order valence-electron chi connectivity index (χ3n) is 6.13. The van der Waals surface area contributed by atoms with Gasteiger partial charge in [0.1, 0.15) is 5.69 Å². The zero-order valence-electron chi connectivity index (χ0n) is 19.7. The van der Waals surface area contributed by atoms with E-state index in [1.54, 1.807) is 29.9 Å². The summed E-state index contributed by atoms with van der Waals surface area (Å²) >= 11 is 1.33. The second kappa shape index (κ2) is 9.55. The molecule has 174 valence electrons. The van der Waals surface area contributed by atoms with E-state index >= 15 is 0 Å². The van der Waals surface area contributed by atoms with Gasteiger partial charge >= 0.3 is 0 Å². The highest BCUT2D eigenvalue weighted by Gasteiger charge is 2.26. The largest absolute Gasteiger partial charge is 0.347 e. The fourth-order valence-corrected chi connectivity index (χ4v) is 5.04. The van der Waals surface area contributed by atoms with Gasteiger partial charge in [0, 0.05) is 24.8 Å². The van der Waals surface area contributed by atoms with Gasteiger partial charge in [0.15, 0.2) is 11.0 Å². The molecule has 1 aliphatic rings. The molecule has 0 spiro atoms. The average Bonchev–Trinajstić information content (AvgIpc) is 3.52. The first-order chi connectivity index (χ1) is 15.7. The minimum atomic E-state index is -0.398. The van der Waals surface area contributed by atoms with E-state index in [2.05, 4.69) is 65.1 Å². The Labute approximate surface area is 199 Å². The maximum absolute atomic E-state index is 12.5. The molecule has 0 atom stereocenters. The van der Waals surface area contributed by atoms with E-state index < -0.39 is 5.91 Å². The van der Waals surface area contributed by atoms with Crippen LogP contribution in [0.1, 0.15) is 68.5 Å². The lowest BCUT2D eigenvalue weighted by Gasteiger charge is -2.20. The number of nitrogens with one attached hydrogen (secondary N) is 1. The number of hydrogen-bond donors (Lipinski definition) is 1. The first-order valence-corrected chi connectivity index (χ1v) is 12.4. The zero-order valence-corrected chi connectivity index (χ0v) is 20.5. The number of amides is 2. The molecule has 1 fully saturated rings. The highest BCUT2D eigenvalue weighted by molar-refractivity contribution is 7.99. The van der Waals surface area contributed by atoms with Gasteiger partial charge < -0.3 is 4.57 Å². The van der Waals surface area contributed by atoms with Crippen LogP contribution in [0.15, 0.2) is 47.8 Å². The van der Waals surface area contributed by atoms with Crippen LogP contribution < -0.4 is 5.32 Å². The molecule has 0 aliphatic heterocycles. The van der Waals surface area contributed by atoms with Crippen molar-refractivity contribution in [3.63, 3.8) is 0 Å². The summed E-state index contributed by atoms with van der Waals surface area (Å²) in [7, 11) is 1.77. The third kappa shape index (κ3) is 5.21. The zero-order chi connectivity index (χ0) is 23.6. The van der Waals surface area contributed by atoms with Crippen molar-refractivity contribution in [3.05, 3.63) is 53.9 Å². The topological polar surface area (TPSA) is 81.8 Å². The van der Waals surface area contributed by atoms with E-state index in [1.165, 1.54) is 30.2 Å². The molecule has 1 N–H and O–H groups in total. The number of hydrogen-bond acceptors (Lipinski definition) is 5. The van der Waals surface area contributed by atoms with Gasteiger partial charge in [-0.15, -0.1) is 10.2 Å². The van der Waals surface area contributed by atoms with Crippen LogP contribution in [0.25, 0.3) is 11.4 Å². The number of benzene rings is 1. The predicted molar refractivity (Wildman–Crippen MR) is 130 cm³/mol. The summed E-state index contributed by atoms with van der Waals surface area (Å²) in [5.74, 6) is 0.197. The van der Waals surface area contributed by atoms with Gasteiger partial charge in [-0.25, -0.2) is 0 Å². The first kappa shape index (κ1) is 23.3. The van der Waals surface area contributed by atoms with Crippen molar-refractivity contribution in [1.82, 2.24) is 24.6 Å². The molecule has 3 aromatic rings. The van der Waals surface area contributed by atoms with Gasteiger partial charge in [0.05, 0.1) is 5.75 Å². The van der Waals surface area contributed by atoms with Crippen molar-refractivity contribution in [2.24, 2.45) is 7.05 Å². The second-order valence-corrected chi connectivity index (χ2v) is 10.6. The van der Waals surface area contributed by atoms with Gasteiger partial charge in [0.25, 0.3) is 5.91 Å².